The zero-order valence-electron chi connectivity index (χ0n) is 13.9. The Morgan fingerprint density at radius 2 is 1.74 bits per heavy atom. The van der Waals surface area contributed by atoms with Gasteiger partial charge in [0.05, 0.1) is 7.11 Å². The number of nitrogens with zero attached hydrogens (tertiary/aromatic N) is 1. The lowest BCUT2D eigenvalue weighted by Crippen LogP contribution is -2.35. The van der Waals surface area contributed by atoms with Crippen molar-refractivity contribution in [3.05, 3.63) is 71.8 Å². The molecule has 0 atom stereocenters. The van der Waals surface area contributed by atoms with E-state index >= 15 is 0 Å². The second kappa shape index (κ2) is 8.18. The summed E-state index contributed by atoms with van der Waals surface area (Å²) < 4.78 is 5.13. The van der Waals surface area contributed by atoms with E-state index in [0.717, 1.165) is 16.9 Å². The molecule has 3 nitrogen and oxygen atoms in total. The predicted octanol–water partition coefficient (Wildman–Crippen LogP) is 4.15. The Kier molecular flexibility index (Phi) is 5.98. The van der Waals surface area contributed by atoms with Gasteiger partial charge in [0.1, 0.15) is 5.75 Å². The predicted molar refractivity (Wildman–Crippen MR) is 94.2 cm³/mol. The van der Waals surface area contributed by atoms with Gasteiger partial charge in [0.2, 0.25) is 5.91 Å². The standard InChI is InChI=1S/C20H23NO2/c1-16(2)21(15-18-7-5-4-6-8-18)20(22)14-11-17-9-12-19(23-3)13-10-17/h4-14,16H,15H2,1-3H3. The number of benzene rings is 2. The molecule has 0 fully saturated rings. The van der Waals surface area contributed by atoms with Crippen molar-refractivity contribution in [2.24, 2.45) is 0 Å². The van der Waals surface area contributed by atoms with Crippen molar-refractivity contribution in [2.45, 2.75) is 26.4 Å². The number of carbonyl (C=O) groups excluding carboxylic acids is 1. The largest absolute Gasteiger partial charge is 0.497 e. The quantitative estimate of drug-likeness (QED) is 0.750. The summed E-state index contributed by atoms with van der Waals surface area (Å²) in [4.78, 5) is 14.4. The summed E-state index contributed by atoms with van der Waals surface area (Å²) in [6.07, 6.45) is 3.47. The summed E-state index contributed by atoms with van der Waals surface area (Å²) in [5.74, 6) is 0.820. The van der Waals surface area contributed by atoms with Gasteiger partial charge in [-0.25, -0.2) is 0 Å². The first kappa shape index (κ1) is 16.8. The minimum atomic E-state index is 0.0136. The van der Waals surface area contributed by atoms with Crippen molar-refractivity contribution in [1.29, 1.82) is 0 Å². The fraction of sp³-hybridized carbons (Fsp3) is 0.250. The second-order valence-corrected chi connectivity index (χ2v) is 5.65. The molecule has 2 aromatic carbocycles. The van der Waals surface area contributed by atoms with Gasteiger partial charge in [-0.2, -0.15) is 0 Å². The van der Waals surface area contributed by atoms with Crippen LogP contribution in [0, 0.1) is 0 Å². The summed E-state index contributed by atoms with van der Waals surface area (Å²) in [7, 11) is 1.64. The fourth-order valence-corrected chi connectivity index (χ4v) is 2.27. The zero-order chi connectivity index (χ0) is 16.7. The van der Waals surface area contributed by atoms with E-state index in [2.05, 4.69) is 0 Å². The molecule has 0 heterocycles. The number of amides is 1. The number of rotatable bonds is 6. The maximum Gasteiger partial charge on any atom is 0.247 e. The Labute approximate surface area is 138 Å². The average Bonchev–Trinajstić information content (AvgIpc) is 2.58. The smallest absolute Gasteiger partial charge is 0.247 e. The van der Waals surface area contributed by atoms with Gasteiger partial charge in [-0.1, -0.05) is 42.5 Å². The topological polar surface area (TPSA) is 29.5 Å². The molecule has 23 heavy (non-hydrogen) atoms. The summed E-state index contributed by atoms with van der Waals surface area (Å²) in [6.45, 7) is 4.68. The normalized spacial score (nSPS) is 11.0. The molecule has 0 aliphatic heterocycles. The first-order valence-electron chi connectivity index (χ1n) is 7.77. The highest BCUT2D eigenvalue weighted by atomic mass is 16.5. The second-order valence-electron chi connectivity index (χ2n) is 5.65. The Morgan fingerprint density at radius 3 is 2.30 bits per heavy atom. The number of carbonyl (C=O) groups is 1. The van der Waals surface area contributed by atoms with E-state index in [1.165, 1.54) is 0 Å². The molecule has 0 N–H and O–H groups in total. The van der Waals surface area contributed by atoms with Crippen LogP contribution in [-0.2, 0) is 11.3 Å². The summed E-state index contributed by atoms with van der Waals surface area (Å²) in [5.41, 5.74) is 2.11. The first-order valence-corrected chi connectivity index (χ1v) is 7.77. The van der Waals surface area contributed by atoms with Gasteiger partial charge in [0, 0.05) is 18.7 Å². The lowest BCUT2D eigenvalue weighted by atomic mass is 10.1. The molecule has 0 aliphatic rings. The van der Waals surface area contributed by atoms with Gasteiger partial charge in [0.25, 0.3) is 0 Å². The van der Waals surface area contributed by atoms with Crippen LogP contribution in [0.2, 0.25) is 0 Å². The van der Waals surface area contributed by atoms with E-state index in [-0.39, 0.29) is 11.9 Å². The van der Waals surface area contributed by atoms with Gasteiger partial charge in [0.15, 0.2) is 0 Å². The molecule has 2 rings (SSSR count). The maximum absolute atomic E-state index is 12.5. The van der Waals surface area contributed by atoms with E-state index in [0.29, 0.717) is 6.54 Å². The van der Waals surface area contributed by atoms with Crippen LogP contribution in [0.4, 0.5) is 0 Å². The highest BCUT2D eigenvalue weighted by molar-refractivity contribution is 5.92. The maximum atomic E-state index is 12.5. The number of ether oxygens (including phenoxy) is 1. The van der Waals surface area contributed by atoms with Crippen LogP contribution >= 0.6 is 0 Å². The van der Waals surface area contributed by atoms with Crippen LogP contribution in [0.25, 0.3) is 6.08 Å². The molecule has 1 amide bonds. The molecule has 0 aliphatic carbocycles. The third-order valence-electron chi connectivity index (χ3n) is 3.64. The molecule has 0 saturated carbocycles. The number of hydrogen-bond acceptors (Lipinski definition) is 2. The van der Waals surface area contributed by atoms with Crippen LogP contribution < -0.4 is 4.74 Å². The van der Waals surface area contributed by atoms with E-state index < -0.39 is 0 Å². The minimum Gasteiger partial charge on any atom is -0.497 e. The molecular formula is C20H23NO2. The third-order valence-corrected chi connectivity index (χ3v) is 3.64. The number of methoxy groups -OCH3 is 1. The van der Waals surface area contributed by atoms with Gasteiger partial charge in [-0.05, 0) is 43.2 Å². The van der Waals surface area contributed by atoms with Crippen molar-refractivity contribution < 1.29 is 9.53 Å². The summed E-state index contributed by atoms with van der Waals surface area (Å²) >= 11 is 0. The lowest BCUT2D eigenvalue weighted by molar-refractivity contribution is -0.128. The van der Waals surface area contributed by atoms with Crippen molar-refractivity contribution in [1.82, 2.24) is 4.90 Å². The molecule has 0 saturated heterocycles. The van der Waals surface area contributed by atoms with Crippen LogP contribution in [0.1, 0.15) is 25.0 Å². The van der Waals surface area contributed by atoms with Gasteiger partial charge in [-0.3, -0.25) is 4.79 Å². The Hall–Kier alpha value is -2.55. The Bertz CT molecular complexity index is 645. The molecule has 0 spiro atoms. The van der Waals surface area contributed by atoms with Crippen molar-refractivity contribution >= 4 is 12.0 Å². The molecular weight excluding hydrogens is 286 g/mol. The monoisotopic (exact) mass is 309 g/mol. The summed E-state index contributed by atoms with van der Waals surface area (Å²) in [6, 6.07) is 17.8. The van der Waals surface area contributed by atoms with Gasteiger partial charge < -0.3 is 9.64 Å². The Balaban J connectivity index is 2.06. The Morgan fingerprint density at radius 1 is 1.09 bits per heavy atom. The van der Waals surface area contributed by atoms with Crippen LogP contribution in [0.5, 0.6) is 5.75 Å². The summed E-state index contributed by atoms with van der Waals surface area (Å²) in [5, 5.41) is 0. The molecule has 0 unspecified atom stereocenters. The van der Waals surface area contributed by atoms with E-state index in [1.54, 1.807) is 13.2 Å². The van der Waals surface area contributed by atoms with Crippen molar-refractivity contribution in [2.75, 3.05) is 7.11 Å². The van der Waals surface area contributed by atoms with E-state index in [4.69, 9.17) is 4.74 Å². The van der Waals surface area contributed by atoms with Crippen LogP contribution in [0.15, 0.2) is 60.7 Å². The molecule has 120 valence electrons. The molecule has 0 bridgehead atoms. The first-order chi connectivity index (χ1) is 11.1. The van der Waals surface area contributed by atoms with Crippen LogP contribution in [0.3, 0.4) is 0 Å². The average molecular weight is 309 g/mol. The van der Waals surface area contributed by atoms with Crippen LogP contribution in [-0.4, -0.2) is 24.0 Å². The lowest BCUT2D eigenvalue weighted by Gasteiger charge is -2.25. The molecule has 3 heteroatoms. The molecule has 2 aromatic rings. The number of hydrogen-bond donors (Lipinski definition) is 0. The molecule has 0 radical (unpaired) electrons. The SMILES string of the molecule is COc1ccc(C=CC(=O)N(Cc2ccccc2)C(C)C)cc1. The third kappa shape index (κ3) is 4.99. The van der Waals surface area contributed by atoms with E-state index in [9.17, 15) is 4.79 Å². The highest BCUT2D eigenvalue weighted by Crippen LogP contribution is 2.13. The minimum absolute atomic E-state index is 0.0136. The highest BCUT2D eigenvalue weighted by Gasteiger charge is 2.14. The van der Waals surface area contributed by atoms with Crippen molar-refractivity contribution in [3.8, 4) is 5.75 Å². The van der Waals surface area contributed by atoms with Crippen molar-refractivity contribution in [3.63, 3.8) is 0 Å². The zero-order valence-corrected chi connectivity index (χ0v) is 13.9. The molecule has 0 aromatic heterocycles. The van der Waals surface area contributed by atoms with Gasteiger partial charge >= 0.3 is 0 Å². The van der Waals surface area contributed by atoms with Gasteiger partial charge in [-0.15, -0.1) is 0 Å². The van der Waals surface area contributed by atoms with E-state index in [1.807, 2.05) is 79.4 Å². The fourth-order valence-electron chi connectivity index (χ4n) is 2.27.